The monoisotopic (exact) mass is 1330 g/mol. The zero-order valence-corrected chi connectivity index (χ0v) is 59.1. The molecule has 17 aromatic carbocycles. The smallest absolute Gasteiger partial charge is 0.252 e. The zero-order valence-electron chi connectivity index (χ0n) is 59.1. The summed E-state index contributed by atoms with van der Waals surface area (Å²) in [6, 6.07) is 128. The van der Waals surface area contributed by atoms with Gasteiger partial charge >= 0.3 is 0 Å². The minimum absolute atomic E-state index is 0.0864. The Bertz CT molecular complexity index is 5990. The number of anilines is 12. The van der Waals surface area contributed by atoms with Gasteiger partial charge < -0.3 is 24.2 Å². The molecule has 0 atom stereocenters. The molecule has 5 nitrogen and oxygen atoms in total. The molecule has 2 aliphatic rings. The molecule has 1 aromatic heterocycles. The van der Waals surface area contributed by atoms with Crippen LogP contribution in [0.25, 0.3) is 92.1 Å². The Kier molecular flexibility index (Phi) is 13.8. The van der Waals surface area contributed by atoms with E-state index in [9.17, 15) is 0 Å². The summed E-state index contributed by atoms with van der Waals surface area (Å²) in [5.74, 6) is 0. The van der Waals surface area contributed by atoms with Crippen molar-refractivity contribution < 1.29 is 0 Å². The number of fused-ring (bicyclic) bond motifs is 19. The first kappa shape index (κ1) is 61.3. The number of aromatic nitrogens is 1. The van der Waals surface area contributed by atoms with Gasteiger partial charge in [0.05, 0.1) is 16.7 Å². The molecule has 0 radical (unpaired) electrons. The summed E-state index contributed by atoms with van der Waals surface area (Å²) < 4.78 is 2.59. The van der Waals surface area contributed by atoms with Crippen LogP contribution < -0.4 is 36.0 Å². The summed E-state index contributed by atoms with van der Waals surface area (Å²) in [6.07, 6.45) is 0. The molecule has 0 spiro atoms. The number of para-hydroxylation sites is 4. The molecular formula is C98H74BN5. The molecule has 0 bridgehead atoms. The lowest BCUT2D eigenvalue weighted by Crippen LogP contribution is -2.61. The van der Waals surface area contributed by atoms with Gasteiger partial charge in [0.25, 0.3) is 6.71 Å². The predicted molar refractivity (Wildman–Crippen MR) is 447 cm³/mol. The maximum Gasteiger partial charge on any atom is 0.252 e. The van der Waals surface area contributed by atoms with Crippen molar-refractivity contribution in [2.45, 2.75) is 52.4 Å². The van der Waals surface area contributed by atoms with Crippen LogP contribution in [-0.4, -0.2) is 11.3 Å². The molecule has 18 aromatic rings. The van der Waals surface area contributed by atoms with Crippen molar-refractivity contribution >= 4 is 178 Å². The van der Waals surface area contributed by atoms with Crippen LogP contribution in [0.5, 0.6) is 0 Å². The van der Waals surface area contributed by atoms with Crippen LogP contribution in [0.2, 0.25) is 0 Å². The van der Waals surface area contributed by atoms with Gasteiger partial charge in [0.15, 0.2) is 0 Å². The van der Waals surface area contributed by atoms with Gasteiger partial charge in [-0.15, -0.1) is 0 Å². The Morgan fingerprint density at radius 2 is 0.538 bits per heavy atom. The van der Waals surface area contributed by atoms with E-state index in [1.54, 1.807) is 0 Å². The molecule has 0 fully saturated rings. The van der Waals surface area contributed by atoms with Gasteiger partial charge in [0.2, 0.25) is 0 Å². The zero-order chi connectivity index (χ0) is 69.7. The molecule has 494 valence electrons. The van der Waals surface area contributed by atoms with E-state index in [1.165, 1.54) is 103 Å². The molecule has 0 aliphatic carbocycles. The van der Waals surface area contributed by atoms with Gasteiger partial charge in [-0.25, -0.2) is 0 Å². The van der Waals surface area contributed by atoms with E-state index >= 15 is 0 Å². The van der Waals surface area contributed by atoms with Gasteiger partial charge in [0.1, 0.15) is 0 Å². The minimum Gasteiger partial charge on any atom is -0.311 e. The van der Waals surface area contributed by atoms with Gasteiger partial charge in [-0.2, -0.15) is 0 Å². The molecule has 0 saturated heterocycles. The van der Waals surface area contributed by atoms with Crippen LogP contribution >= 0.6 is 0 Å². The normalized spacial score (nSPS) is 12.8. The van der Waals surface area contributed by atoms with Crippen LogP contribution in [0.4, 0.5) is 68.2 Å². The average Bonchev–Trinajstić information content (AvgIpc) is 0.795. The number of benzene rings is 17. The summed E-state index contributed by atoms with van der Waals surface area (Å²) >= 11 is 0. The lowest BCUT2D eigenvalue weighted by Gasteiger charge is -2.45. The first-order valence-corrected chi connectivity index (χ1v) is 36.5. The van der Waals surface area contributed by atoms with E-state index in [1.807, 2.05) is 0 Å². The molecule has 2 aliphatic heterocycles. The Labute approximate surface area is 607 Å². The molecule has 0 saturated carbocycles. The third kappa shape index (κ3) is 9.62. The highest BCUT2D eigenvalue weighted by Gasteiger charge is 2.45. The fourth-order valence-corrected chi connectivity index (χ4v) is 17.4. The van der Waals surface area contributed by atoms with Crippen molar-refractivity contribution in [2.24, 2.45) is 0 Å². The first-order valence-electron chi connectivity index (χ1n) is 36.5. The quantitative estimate of drug-likeness (QED) is 0.106. The summed E-state index contributed by atoms with van der Waals surface area (Å²) in [5, 5.41) is 17.3. The van der Waals surface area contributed by atoms with Crippen molar-refractivity contribution in [3.05, 3.63) is 351 Å². The highest BCUT2D eigenvalue weighted by Crippen LogP contribution is 2.52. The van der Waals surface area contributed by atoms with E-state index in [-0.39, 0.29) is 17.5 Å². The fourth-order valence-electron chi connectivity index (χ4n) is 17.4. The van der Waals surface area contributed by atoms with Crippen molar-refractivity contribution in [1.29, 1.82) is 0 Å². The SMILES string of the molecule is CC(C)(C)c1ccc2c(c1)c1cc(C(C)(C)C)ccc1n2-c1cc2c3c(c1)N(c1ccc4c5ccccc5c5ccccc5c4c1)c1cc(N(c4ccccc4)c4ccccc4)ccc1B3c1ccc(N(c3ccccc3)c3ccccc3)cc1N2c1ccc2c3ccccc3c3ccccc3c2c1. The molecule has 0 N–H and O–H groups in total. The van der Waals surface area contributed by atoms with Crippen LogP contribution in [0.3, 0.4) is 0 Å². The van der Waals surface area contributed by atoms with Crippen molar-refractivity contribution in [3.63, 3.8) is 0 Å². The lowest BCUT2D eigenvalue weighted by atomic mass is 9.33. The van der Waals surface area contributed by atoms with Crippen molar-refractivity contribution in [2.75, 3.05) is 19.6 Å². The maximum atomic E-state index is 2.64. The first-order chi connectivity index (χ1) is 50.9. The van der Waals surface area contributed by atoms with Gasteiger partial charge in [-0.3, -0.25) is 0 Å². The van der Waals surface area contributed by atoms with E-state index in [4.69, 9.17) is 0 Å². The van der Waals surface area contributed by atoms with E-state index in [0.717, 1.165) is 85.0 Å². The molecule has 3 heterocycles. The van der Waals surface area contributed by atoms with Crippen molar-refractivity contribution in [3.8, 4) is 5.69 Å². The molecule has 20 rings (SSSR count). The summed E-state index contributed by atoms with van der Waals surface area (Å²) in [7, 11) is 0. The van der Waals surface area contributed by atoms with Crippen molar-refractivity contribution in [1.82, 2.24) is 4.57 Å². The second-order valence-electron chi connectivity index (χ2n) is 30.4. The maximum absolute atomic E-state index is 2.64. The second kappa shape index (κ2) is 23.5. The van der Waals surface area contributed by atoms with Crippen LogP contribution in [-0.2, 0) is 10.8 Å². The van der Waals surface area contributed by atoms with E-state index in [0.29, 0.717) is 0 Å². The molecule has 0 unspecified atom stereocenters. The van der Waals surface area contributed by atoms with E-state index in [2.05, 4.69) is 405 Å². The van der Waals surface area contributed by atoms with Crippen LogP contribution in [0.1, 0.15) is 52.7 Å². The topological polar surface area (TPSA) is 17.9 Å². The largest absolute Gasteiger partial charge is 0.311 e. The standard InChI is InChI=1S/C98H74BN5/c1-97(2,3)63-43-53-90-86(55-63)87-56-64(98(4,5)6)44-54-91(87)104(90)73-61-94-96-95(62-73)103(70-46-50-83-79-40-22-20-36-75(79)77-38-24-26-42-81(77)85(83)58-70)93-60-72(101(67-31-15-9-16-32-67)68-33-17-10-18-34-68)48-52-89(93)99(96)88-51-47-71(100(65-27-11-7-12-28-65)66-29-13-8-14-30-66)59-92(88)102(94)69-45-49-82-78-39-21-19-35-74(78)76-37-23-25-41-80(76)84(82)57-69/h7-62H,1-6H3. The third-order valence-corrected chi connectivity index (χ3v) is 22.3. The Morgan fingerprint density at radius 1 is 0.231 bits per heavy atom. The third-order valence-electron chi connectivity index (χ3n) is 22.3. The average molecular weight is 1330 g/mol. The number of hydrogen-bond acceptors (Lipinski definition) is 4. The number of hydrogen-bond donors (Lipinski definition) is 0. The molecular weight excluding hydrogens is 1260 g/mol. The van der Waals surface area contributed by atoms with Gasteiger partial charge in [-0.1, -0.05) is 248 Å². The fraction of sp³-hybridized carbons (Fsp3) is 0.0816. The number of nitrogens with zero attached hydrogens (tertiary/aromatic N) is 5. The van der Waals surface area contributed by atoms with Gasteiger partial charge in [-0.05, 0) is 236 Å². The summed E-state index contributed by atoms with van der Waals surface area (Å²) in [5.41, 5.74) is 22.5. The van der Waals surface area contributed by atoms with Crippen LogP contribution in [0.15, 0.2) is 340 Å². The van der Waals surface area contributed by atoms with Crippen LogP contribution in [0, 0.1) is 0 Å². The molecule has 0 amide bonds. The Balaban J connectivity index is 0.952. The summed E-state index contributed by atoms with van der Waals surface area (Å²) in [4.78, 5) is 10.1. The Hall–Kier alpha value is -12.6. The predicted octanol–water partition coefficient (Wildman–Crippen LogP) is 25.3. The lowest BCUT2D eigenvalue weighted by molar-refractivity contribution is 0.590. The number of rotatable bonds is 9. The summed E-state index contributed by atoms with van der Waals surface area (Å²) in [6.45, 7) is 13.8. The minimum atomic E-state index is -0.240. The highest BCUT2D eigenvalue weighted by molar-refractivity contribution is 7.00. The molecule has 104 heavy (non-hydrogen) atoms. The van der Waals surface area contributed by atoms with E-state index < -0.39 is 0 Å². The second-order valence-corrected chi connectivity index (χ2v) is 30.4. The molecule has 6 heteroatoms. The Morgan fingerprint density at radius 3 is 0.865 bits per heavy atom. The van der Waals surface area contributed by atoms with Gasteiger partial charge in [0, 0.05) is 79.0 Å². The highest BCUT2D eigenvalue weighted by atomic mass is 15.2.